The first kappa shape index (κ1) is 9.46. The number of aromatic nitrogens is 1. The van der Waals surface area contributed by atoms with Gasteiger partial charge in [0.15, 0.2) is 0 Å². The number of ether oxygens (including phenoxy) is 1. The highest BCUT2D eigenvalue weighted by Gasteiger charge is 2.20. The van der Waals surface area contributed by atoms with Crippen molar-refractivity contribution in [2.24, 2.45) is 0 Å². The summed E-state index contributed by atoms with van der Waals surface area (Å²) in [7, 11) is 1.93. The standard InChI is InChI=1S/C11H16N2O/c1-12-8-9-4-3-7-13-11(9)14-10-5-2-6-10/h3-4,7,10,12H,2,5-6,8H2,1H3. The predicted octanol–water partition coefficient (Wildman–Crippen LogP) is 1.73. The molecule has 0 unspecified atom stereocenters. The van der Waals surface area contributed by atoms with E-state index in [0.717, 1.165) is 18.0 Å². The minimum atomic E-state index is 0.403. The van der Waals surface area contributed by atoms with Gasteiger partial charge in [0.2, 0.25) is 5.88 Å². The Hall–Kier alpha value is -1.09. The molecule has 3 nitrogen and oxygen atoms in total. The van der Waals surface area contributed by atoms with Crippen molar-refractivity contribution < 1.29 is 4.74 Å². The molecular weight excluding hydrogens is 176 g/mol. The fourth-order valence-electron chi connectivity index (χ4n) is 1.50. The van der Waals surface area contributed by atoms with Crippen molar-refractivity contribution >= 4 is 0 Å². The smallest absolute Gasteiger partial charge is 0.218 e. The summed E-state index contributed by atoms with van der Waals surface area (Å²) >= 11 is 0. The molecule has 0 bridgehead atoms. The molecule has 3 heteroatoms. The first-order chi connectivity index (χ1) is 6.90. The van der Waals surface area contributed by atoms with Crippen LogP contribution in [-0.2, 0) is 6.54 Å². The maximum absolute atomic E-state index is 5.78. The maximum Gasteiger partial charge on any atom is 0.218 e. The summed E-state index contributed by atoms with van der Waals surface area (Å²) in [5, 5.41) is 3.11. The molecule has 1 saturated carbocycles. The molecule has 0 aliphatic heterocycles. The van der Waals surface area contributed by atoms with Crippen molar-refractivity contribution in [2.75, 3.05) is 7.05 Å². The second-order valence-corrected chi connectivity index (χ2v) is 3.67. The van der Waals surface area contributed by atoms with Gasteiger partial charge in [-0.05, 0) is 32.4 Å². The van der Waals surface area contributed by atoms with E-state index in [9.17, 15) is 0 Å². The fraction of sp³-hybridized carbons (Fsp3) is 0.545. The van der Waals surface area contributed by atoms with E-state index in [2.05, 4.69) is 16.4 Å². The lowest BCUT2D eigenvalue weighted by Crippen LogP contribution is -2.25. The fourth-order valence-corrected chi connectivity index (χ4v) is 1.50. The van der Waals surface area contributed by atoms with Crippen LogP contribution < -0.4 is 10.1 Å². The molecule has 1 aromatic heterocycles. The van der Waals surface area contributed by atoms with Crippen LogP contribution in [0.4, 0.5) is 0 Å². The summed E-state index contributed by atoms with van der Waals surface area (Å²) in [6.07, 6.45) is 5.83. The van der Waals surface area contributed by atoms with Crippen molar-refractivity contribution in [1.29, 1.82) is 0 Å². The molecule has 1 aliphatic carbocycles. The molecule has 1 N–H and O–H groups in total. The maximum atomic E-state index is 5.78. The summed E-state index contributed by atoms with van der Waals surface area (Å²) in [6, 6.07) is 4.00. The van der Waals surface area contributed by atoms with Gasteiger partial charge in [-0.25, -0.2) is 4.98 Å². The molecule has 0 saturated heterocycles. The topological polar surface area (TPSA) is 34.2 Å². The Morgan fingerprint density at radius 3 is 3.07 bits per heavy atom. The summed E-state index contributed by atoms with van der Waals surface area (Å²) in [5.74, 6) is 0.798. The van der Waals surface area contributed by atoms with Crippen molar-refractivity contribution in [2.45, 2.75) is 31.9 Å². The molecule has 1 aliphatic rings. The van der Waals surface area contributed by atoms with Crippen molar-refractivity contribution in [1.82, 2.24) is 10.3 Å². The van der Waals surface area contributed by atoms with Crippen LogP contribution in [0.1, 0.15) is 24.8 Å². The van der Waals surface area contributed by atoms with E-state index in [1.165, 1.54) is 19.3 Å². The third-order valence-corrected chi connectivity index (χ3v) is 2.55. The summed E-state index contributed by atoms with van der Waals surface area (Å²) in [5.41, 5.74) is 1.14. The van der Waals surface area contributed by atoms with E-state index in [1.54, 1.807) is 6.20 Å². The van der Waals surface area contributed by atoms with Gasteiger partial charge in [0.05, 0.1) is 0 Å². The Morgan fingerprint density at radius 1 is 1.57 bits per heavy atom. The van der Waals surface area contributed by atoms with Crippen LogP contribution >= 0.6 is 0 Å². The van der Waals surface area contributed by atoms with E-state index in [0.29, 0.717) is 6.10 Å². The monoisotopic (exact) mass is 192 g/mol. The molecule has 14 heavy (non-hydrogen) atoms. The van der Waals surface area contributed by atoms with Gasteiger partial charge in [0.1, 0.15) is 6.10 Å². The molecule has 0 spiro atoms. The predicted molar refractivity (Wildman–Crippen MR) is 55.3 cm³/mol. The number of pyridine rings is 1. The van der Waals surface area contributed by atoms with Gasteiger partial charge in [-0.3, -0.25) is 0 Å². The zero-order valence-electron chi connectivity index (χ0n) is 8.49. The summed E-state index contributed by atoms with van der Waals surface area (Å²) in [6.45, 7) is 0.815. The van der Waals surface area contributed by atoms with Crippen LogP contribution in [0.25, 0.3) is 0 Å². The lowest BCUT2D eigenvalue weighted by atomic mass is 9.96. The lowest BCUT2D eigenvalue weighted by Gasteiger charge is -2.26. The Balaban J connectivity index is 2.05. The number of nitrogens with zero attached hydrogens (tertiary/aromatic N) is 1. The Bertz CT molecular complexity index is 297. The normalized spacial score (nSPS) is 16.4. The Morgan fingerprint density at radius 2 is 2.43 bits per heavy atom. The SMILES string of the molecule is CNCc1cccnc1OC1CCC1. The van der Waals surface area contributed by atoms with Gasteiger partial charge in [-0.1, -0.05) is 6.07 Å². The van der Waals surface area contributed by atoms with Crippen molar-refractivity contribution in [3.8, 4) is 5.88 Å². The third-order valence-electron chi connectivity index (χ3n) is 2.55. The second kappa shape index (κ2) is 4.42. The van der Waals surface area contributed by atoms with Crippen LogP contribution in [0, 0.1) is 0 Å². The molecule has 1 heterocycles. The molecule has 0 aromatic carbocycles. The summed E-state index contributed by atoms with van der Waals surface area (Å²) in [4.78, 5) is 4.26. The number of nitrogens with one attached hydrogen (secondary N) is 1. The molecular formula is C11H16N2O. The molecule has 0 radical (unpaired) electrons. The third kappa shape index (κ3) is 2.04. The highest BCUT2D eigenvalue weighted by Crippen LogP contribution is 2.25. The largest absolute Gasteiger partial charge is 0.474 e. The van der Waals surface area contributed by atoms with E-state index < -0.39 is 0 Å². The minimum absolute atomic E-state index is 0.403. The van der Waals surface area contributed by atoms with Gasteiger partial charge in [0.25, 0.3) is 0 Å². The molecule has 2 rings (SSSR count). The number of rotatable bonds is 4. The van der Waals surface area contributed by atoms with Gasteiger partial charge in [0, 0.05) is 18.3 Å². The number of hydrogen-bond acceptors (Lipinski definition) is 3. The number of hydrogen-bond donors (Lipinski definition) is 1. The van der Waals surface area contributed by atoms with Crippen LogP contribution in [-0.4, -0.2) is 18.1 Å². The van der Waals surface area contributed by atoms with E-state index in [4.69, 9.17) is 4.74 Å². The average Bonchev–Trinajstić information content (AvgIpc) is 2.14. The molecule has 0 amide bonds. The van der Waals surface area contributed by atoms with Gasteiger partial charge in [-0.2, -0.15) is 0 Å². The highest BCUT2D eigenvalue weighted by molar-refractivity contribution is 5.25. The van der Waals surface area contributed by atoms with Gasteiger partial charge in [-0.15, -0.1) is 0 Å². The molecule has 76 valence electrons. The van der Waals surface area contributed by atoms with Crippen LogP contribution in [0.15, 0.2) is 18.3 Å². The molecule has 0 atom stereocenters. The van der Waals surface area contributed by atoms with Gasteiger partial charge >= 0.3 is 0 Å². The first-order valence-corrected chi connectivity index (χ1v) is 5.15. The second-order valence-electron chi connectivity index (χ2n) is 3.67. The van der Waals surface area contributed by atoms with E-state index in [1.807, 2.05) is 13.1 Å². The molecule has 1 fully saturated rings. The summed E-state index contributed by atoms with van der Waals surface area (Å²) < 4.78 is 5.78. The Labute approximate surface area is 84.5 Å². The van der Waals surface area contributed by atoms with E-state index in [-0.39, 0.29) is 0 Å². The quantitative estimate of drug-likeness (QED) is 0.789. The lowest BCUT2D eigenvalue weighted by molar-refractivity contribution is 0.113. The van der Waals surface area contributed by atoms with Crippen LogP contribution in [0.5, 0.6) is 5.88 Å². The minimum Gasteiger partial charge on any atom is -0.474 e. The van der Waals surface area contributed by atoms with Crippen LogP contribution in [0.3, 0.4) is 0 Å². The van der Waals surface area contributed by atoms with Crippen molar-refractivity contribution in [3.05, 3.63) is 23.9 Å². The zero-order chi connectivity index (χ0) is 9.80. The van der Waals surface area contributed by atoms with Crippen LogP contribution in [0.2, 0.25) is 0 Å². The highest BCUT2D eigenvalue weighted by atomic mass is 16.5. The molecule has 1 aromatic rings. The van der Waals surface area contributed by atoms with Gasteiger partial charge < -0.3 is 10.1 Å². The Kier molecular flexibility index (Phi) is 2.99. The van der Waals surface area contributed by atoms with Crippen molar-refractivity contribution in [3.63, 3.8) is 0 Å². The zero-order valence-corrected chi connectivity index (χ0v) is 8.49. The average molecular weight is 192 g/mol. The first-order valence-electron chi connectivity index (χ1n) is 5.15. The van der Waals surface area contributed by atoms with E-state index >= 15 is 0 Å².